The monoisotopic (exact) mass is 483 g/mol. The maximum atomic E-state index is 14.5. The van der Waals surface area contributed by atoms with Crippen LogP contribution in [0.25, 0.3) is 10.7 Å². The largest absolute Gasteiger partial charge is 0.420 e. The summed E-state index contributed by atoms with van der Waals surface area (Å²) in [6.45, 7) is 2.65. The van der Waals surface area contributed by atoms with Crippen LogP contribution in [-0.2, 0) is 21.8 Å². The second-order valence-corrected chi connectivity index (χ2v) is 10.7. The highest BCUT2D eigenvalue weighted by Crippen LogP contribution is 2.39. The van der Waals surface area contributed by atoms with Crippen LogP contribution >= 0.6 is 11.3 Å². The van der Waals surface area contributed by atoms with Gasteiger partial charge < -0.3 is 10.4 Å². The summed E-state index contributed by atoms with van der Waals surface area (Å²) in [5, 5.41) is 12.7. The summed E-state index contributed by atoms with van der Waals surface area (Å²) in [7, 11) is -3.55. The van der Waals surface area contributed by atoms with Gasteiger partial charge in [0.05, 0.1) is 22.8 Å². The second kappa shape index (κ2) is 8.22. The third-order valence-corrected chi connectivity index (χ3v) is 7.28. The average molecular weight is 484 g/mol. The molecule has 172 valence electrons. The number of nitrogens with zero attached hydrogens (tertiary/aromatic N) is 4. The lowest BCUT2D eigenvalue weighted by molar-refractivity contribution is -0.137. The SMILES string of the molecule is CC(C)(O)c1cnc(-c2nc(N[C@H]3CCN(S(C)(=O)=O)C[C@H]3F)ncc2C(F)(F)F)s1. The molecular weight excluding hydrogens is 462 g/mol. The van der Waals surface area contributed by atoms with E-state index in [0.29, 0.717) is 11.1 Å². The lowest BCUT2D eigenvalue weighted by atomic mass is 10.1. The van der Waals surface area contributed by atoms with Crippen LogP contribution in [0.4, 0.5) is 23.5 Å². The number of aliphatic hydroxyl groups is 1. The van der Waals surface area contributed by atoms with Gasteiger partial charge in [0.1, 0.15) is 22.4 Å². The molecule has 0 unspecified atom stereocenters. The first-order valence-electron chi connectivity index (χ1n) is 9.15. The molecule has 2 N–H and O–H groups in total. The molecule has 2 atom stereocenters. The zero-order valence-corrected chi connectivity index (χ0v) is 18.4. The summed E-state index contributed by atoms with van der Waals surface area (Å²) in [4.78, 5) is 11.9. The molecular formula is C17H21F4N5O3S2. The Morgan fingerprint density at radius 2 is 1.94 bits per heavy atom. The van der Waals surface area contributed by atoms with Crippen LogP contribution < -0.4 is 5.32 Å². The molecule has 1 aliphatic rings. The number of thiazole rings is 1. The van der Waals surface area contributed by atoms with Gasteiger partial charge in [-0.05, 0) is 20.3 Å². The van der Waals surface area contributed by atoms with Crippen molar-refractivity contribution in [2.75, 3.05) is 24.7 Å². The molecule has 0 bridgehead atoms. The van der Waals surface area contributed by atoms with Gasteiger partial charge in [-0.25, -0.2) is 27.8 Å². The highest BCUT2D eigenvalue weighted by Gasteiger charge is 2.38. The Balaban J connectivity index is 1.90. The van der Waals surface area contributed by atoms with Crippen LogP contribution in [0.5, 0.6) is 0 Å². The predicted molar refractivity (Wildman–Crippen MR) is 107 cm³/mol. The van der Waals surface area contributed by atoms with Gasteiger partial charge in [0.15, 0.2) is 0 Å². The van der Waals surface area contributed by atoms with E-state index in [-0.39, 0.29) is 30.5 Å². The molecule has 0 aliphatic carbocycles. The van der Waals surface area contributed by atoms with E-state index < -0.39 is 45.3 Å². The number of alkyl halides is 4. The minimum atomic E-state index is -4.75. The van der Waals surface area contributed by atoms with Gasteiger partial charge >= 0.3 is 6.18 Å². The first kappa shape index (κ1) is 23.8. The fourth-order valence-electron chi connectivity index (χ4n) is 2.99. The zero-order chi connectivity index (χ0) is 23.2. The molecule has 2 aromatic heterocycles. The van der Waals surface area contributed by atoms with Crippen molar-refractivity contribution < 1.29 is 31.1 Å². The van der Waals surface area contributed by atoms with Gasteiger partial charge in [-0.15, -0.1) is 11.3 Å². The number of anilines is 1. The minimum absolute atomic E-state index is 0.0613. The summed E-state index contributed by atoms with van der Waals surface area (Å²) in [6.07, 6.45) is -3.41. The first-order valence-corrected chi connectivity index (χ1v) is 11.8. The molecule has 31 heavy (non-hydrogen) atoms. The van der Waals surface area contributed by atoms with Crippen molar-refractivity contribution in [3.8, 4) is 10.7 Å². The maximum absolute atomic E-state index is 14.5. The number of halogens is 4. The highest BCUT2D eigenvalue weighted by molar-refractivity contribution is 7.88. The van der Waals surface area contributed by atoms with E-state index in [4.69, 9.17) is 0 Å². The lowest BCUT2D eigenvalue weighted by Gasteiger charge is -2.33. The lowest BCUT2D eigenvalue weighted by Crippen LogP contribution is -2.49. The standard InChI is InChI=1S/C17H21F4N5O3S2/c1-16(2,27)12-7-22-14(30-12)13-9(17(19,20)21)6-23-15(25-13)24-11-4-5-26(8-10(11)18)31(3,28)29/h6-7,10-11,27H,4-5,8H2,1-3H3,(H,23,24,25)/t10-,11+/m1/s1. The van der Waals surface area contributed by atoms with Crippen LogP contribution in [-0.4, -0.2) is 64.3 Å². The smallest absolute Gasteiger partial charge is 0.385 e. The molecule has 8 nitrogen and oxygen atoms in total. The third-order valence-electron chi connectivity index (χ3n) is 4.69. The molecule has 14 heteroatoms. The number of rotatable bonds is 5. The number of nitrogens with one attached hydrogen (secondary N) is 1. The van der Waals surface area contributed by atoms with E-state index in [1.54, 1.807) is 0 Å². The van der Waals surface area contributed by atoms with Gasteiger partial charge in [0.25, 0.3) is 0 Å². The molecule has 0 radical (unpaired) electrons. The minimum Gasteiger partial charge on any atom is -0.385 e. The summed E-state index contributed by atoms with van der Waals surface area (Å²) >= 11 is 0.855. The van der Waals surface area contributed by atoms with Gasteiger partial charge in [0, 0.05) is 25.5 Å². The van der Waals surface area contributed by atoms with E-state index in [0.717, 1.165) is 21.9 Å². The van der Waals surface area contributed by atoms with Crippen LogP contribution in [0.3, 0.4) is 0 Å². The summed E-state index contributed by atoms with van der Waals surface area (Å²) in [6, 6.07) is -0.870. The van der Waals surface area contributed by atoms with Gasteiger partial charge in [-0.1, -0.05) is 0 Å². The van der Waals surface area contributed by atoms with Crippen molar-refractivity contribution in [1.29, 1.82) is 0 Å². The number of hydrogen-bond acceptors (Lipinski definition) is 8. The van der Waals surface area contributed by atoms with Gasteiger partial charge in [-0.2, -0.15) is 17.5 Å². The number of hydrogen-bond donors (Lipinski definition) is 2. The highest BCUT2D eigenvalue weighted by atomic mass is 32.2. The van der Waals surface area contributed by atoms with E-state index in [9.17, 15) is 31.1 Å². The Morgan fingerprint density at radius 3 is 2.45 bits per heavy atom. The quantitative estimate of drug-likeness (QED) is 0.630. The predicted octanol–water partition coefficient (Wildman–Crippen LogP) is 2.63. The molecule has 0 spiro atoms. The van der Waals surface area contributed by atoms with Gasteiger partial charge in [0.2, 0.25) is 16.0 Å². The van der Waals surface area contributed by atoms with Crippen LogP contribution in [0.1, 0.15) is 30.7 Å². The molecule has 0 aromatic carbocycles. The molecule has 1 saturated heterocycles. The zero-order valence-electron chi connectivity index (χ0n) is 16.8. The Labute approximate surface area is 180 Å². The Hall–Kier alpha value is -1.90. The van der Waals surface area contributed by atoms with Crippen molar-refractivity contribution in [3.05, 3.63) is 22.8 Å². The Bertz CT molecular complexity index is 1050. The summed E-state index contributed by atoms with van der Waals surface area (Å²) < 4.78 is 79.1. The molecule has 3 heterocycles. The molecule has 0 amide bonds. The molecule has 3 rings (SSSR count). The summed E-state index contributed by atoms with van der Waals surface area (Å²) in [5.74, 6) is -0.233. The fraction of sp³-hybridized carbons (Fsp3) is 0.588. The maximum Gasteiger partial charge on any atom is 0.420 e. The van der Waals surface area contributed by atoms with Crippen molar-refractivity contribution in [2.45, 2.75) is 44.3 Å². The Kier molecular flexibility index (Phi) is 6.30. The molecule has 1 fully saturated rings. The van der Waals surface area contributed by atoms with Crippen molar-refractivity contribution in [2.24, 2.45) is 0 Å². The van der Waals surface area contributed by atoms with Gasteiger partial charge in [-0.3, -0.25) is 0 Å². The third kappa shape index (κ3) is 5.48. The normalized spacial score (nSPS) is 21.3. The van der Waals surface area contributed by atoms with Crippen LogP contribution in [0, 0.1) is 0 Å². The van der Waals surface area contributed by atoms with Crippen molar-refractivity contribution in [1.82, 2.24) is 19.3 Å². The number of piperidine rings is 1. The van der Waals surface area contributed by atoms with Crippen LogP contribution in [0.2, 0.25) is 0 Å². The topological polar surface area (TPSA) is 108 Å². The van der Waals surface area contributed by atoms with E-state index >= 15 is 0 Å². The average Bonchev–Trinajstić information content (AvgIpc) is 3.12. The summed E-state index contributed by atoms with van der Waals surface area (Å²) in [5.41, 5.74) is -2.90. The molecule has 1 aliphatic heterocycles. The fourth-order valence-corrected chi connectivity index (χ4v) is 4.77. The van der Waals surface area contributed by atoms with E-state index in [1.165, 1.54) is 20.0 Å². The first-order chi connectivity index (χ1) is 14.2. The van der Waals surface area contributed by atoms with E-state index in [2.05, 4.69) is 20.3 Å². The number of sulfonamides is 1. The van der Waals surface area contributed by atoms with Crippen molar-refractivity contribution >= 4 is 27.3 Å². The molecule has 0 saturated carbocycles. The van der Waals surface area contributed by atoms with Crippen LogP contribution in [0.15, 0.2) is 12.4 Å². The van der Waals surface area contributed by atoms with Crippen molar-refractivity contribution in [3.63, 3.8) is 0 Å². The number of aromatic nitrogens is 3. The van der Waals surface area contributed by atoms with E-state index in [1.807, 2.05) is 0 Å². The Morgan fingerprint density at radius 1 is 1.26 bits per heavy atom. The molecule has 2 aromatic rings. The second-order valence-electron chi connectivity index (χ2n) is 7.72.